The SMILES string of the molecule is CCCCCCCn1nnc(CO)c1CCCC. The van der Waals surface area contributed by atoms with Crippen molar-refractivity contribution in [2.24, 2.45) is 0 Å². The number of nitrogens with zero attached hydrogens (tertiary/aromatic N) is 3. The lowest BCUT2D eigenvalue weighted by molar-refractivity contribution is 0.275. The van der Waals surface area contributed by atoms with Gasteiger partial charge >= 0.3 is 0 Å². The third-order valence-corrected chi connectivity index (χ3v) is 3.31. The summed E-state index contributed by atoms with van der Waals surface area (Å²) in [7, 11) is 0. The lowest BCUT2D eigenvalue weighted by atomic mass is 10.1. The normalized spacial score (nSPS) is 11.1. The fourth-order valence-electron chi connectivity index (χ4n) is 2.15. The van der Waals surface area contributed by atoms with Crippen molar-refractivity contribution in [1.82, 2.24) is 15.0 Å². The van der Waals surface area contributed by atoms with E-state index in [1.54, 1.807) is 0 Å². The van der Waals surface area contributed by atoms with E-state index in [9.17, 15) is 5.11 Å². The van der Waals surface area contributed by atoms with Crippen LogP contribution in [0.3, 0.4) is 0 Å². The minimum Gasteiger partial charge on any atom is -0.390 e. The van der Waals surface area contributed by atoms with Gasteiger partial charge in [0.2, 0.25) is 0 Å². The van der Waals surface area contributed by atoms with Crippen LogP contribution in [0.25, 0.3) is 0 Å². The Kier molecular flexibility index (Phi) is 7.65. The van der Waals surface area contributed by atoms with Gasteiger partial charge in [-0.15, -0.1) is 5.10 Å². The van der Waals surface area contributed by atoms with Crippen LogP contribution in [0.15, 0.2) is 0 Å². The van der Waals surface area contributed by atoms with E-state index in [0.717, 1.165) is 43.6 Å². The van der Waals surface area contributed by atoms with E-state index in [1.807, 2.05) is 4.68 Å². The Balaban J connectivity index is 2.45. The summed E-state index contributed by atoms with van der Waals surface area (Å²) in [6.07, 6.45) is 9.60. The molecule has 1 heterocycles. The molecule has 0 unspecified atom stereocenters. The quantitative estimate of drug-likeness (QED) is 0.652. The van der Waals surface area contributed by atoms with Gasteiger partial charge in [-0.3, -0.25) is 0 Å². The Morgan fingerprint density at radius 1 is 1.00 bits per heavy atom. The maximum Gasteiger partial charge on any atom is 0.111 e. The van der Waals surface area contributed by atoms with E-state index < -0.39 is 0 Å². The van der Waals surface area contributed by atoms with Gasteiger partial charge < -0.3 is 5.11 Å². The lowest BCUT2D eigenvalue weighted by Gasteiger charge is -2.07. The first-order chi connectivity index (χ1) is 8.83. The number of hydrogen-bond acceptors (Lipinski definition) is 3. The Morgan fingerprint density at radius 2 is 1.72 bits per heavy atom. The van der Waals surface area contributed by atoms with E-state index in [4.69, 9.17) is 0 Å². The van der Waals surface area contributed by atoms with E-state index in [-0.39, 0.29) is 6.61 Å². The zero-order chi connectivity index (χ0) is 13.2. The van der Waals surface area contributed by atoms with Crippen molar-refractivity contribution < 1.29 is 5.11 Å². The van der Waals surface area contributed by atoms with Crippen molar-refractivity contribution in [3.05, 3.63) is 11.4 Å². The molecule has 1 aromatic heterocycles. The van der Waals surface area contributed by atoms with Gasteiger partial charge in [-0.25, -0.2) is 4.68 Å². The van der Waals surface area contributed by atoms with Gasteiger partial charge in [-0.1, -0.05) is 51.2 Å². The third-order valence-electron chi connectivity index (χ3n) is 3.31. The van der Waals surface area contributed by atoms with Gasteiger partial charge in [-0.05, 0) is 19.3 Å². The molecule has 4 heteroatoms. The van der Waals surface area contributed by atoms with Crippen LogP contribution in [0.2, 0.25) is 0 Å². The molecular formula is C14H27N3O. The molecule has 0 aromatic carbocycles. The van der Waals surface area contributed by atoms with Crippen molar-refractivity contribution >= 4 is 0 Å². The predicted molar refractivity (Wildman–Crippen MR) is 73.3 cm³/mol. The second kappa shape index (κ2) is 9.09. The maximum atomic E-state index is 9.26. The average Bonchev–Trinajstić information content (AvgIpc) is 2.78. The molecule has 4 nitrogen and oxygen atoms in total. The van der Waals surface area contributed by atoms with E-state index in [2.05, 4.69) is 24.2 Å². The number of aryl methyl sites for hydroxylation is 1. The first-order valence-electron chi connectivity index (χ1n) is 7.35. The van der Waals surface area contributed by atoms with Crippen molar-refractivity contribution in [3.8, 4) is 0 Å². The fraction of sp³-hybridized carbons (Fsp3) is 0.857. The Bertz CT molecular complexity index is 323. The topological polar surface area (TPSA) is 50.9 Å². The molecule has 0 aliphatic carbocycles. The van der Waals surface area contributed by atoms with Gasteiger partial charge in [-0.2, -0.15) is 0 Å². The number of aromatic nitrogens is 3. The Morgan fingerprint density at radius 3 is 2.39 bits per heavy atom. The molecular weight excluding hydrogens is 226 g/mol. The molecule has 0 aliphatic heterocycles. The largest absolute Gasteiger partial charge is 0.390 e. The van der Waals surface area contributed by atoms with Crippen LogP contribution in [0.4, 0.5) is 0 Å². The van der Waals surface area contributed by atoms with Crippen molar-refractivity contribution in [1.29, 1.82) is 0 Å². The molecule has 104 valence electrons. The highest BCUT2D eigenvalue weighted by Gasteiger charge is 2.10. The second-order valence-electron chi connectivity index (χ2n) is 4.88. The van der Waals surface area contributed by atoms with Crippen LogP contribution in [0.1, 0.15) is 70.2 Å². The molecule has 0 aliphatic rings. The van der Waals surface area contributed by atoms with E-state index in [1.165, 1.54) is 25.7 Å². The first kappa shape index (κ1) is 15.2. The van der Waals surface area contributed by atoms with Crippen LogP contribution in [0.5, 0.6) is 0 Å². The number of hydrogen-bond donors (Lipinski definition) is 1. The molecule has 0 radical (unpaired) electrons. The smallest absolute Gasteiger partial charge is 0.111 e. The second-order valence-corrected chi connectivity index (χ2v) is 4.88. The van der Waals surface area contributed by atoms with Crippen LogP contribution in [0, 0.1) is 0 Å². The summed E-state index contributed by atoms with van der Waals surface area (Å²) >= 11 is 0. The lowest BCUT2D eigenvalue weighted by Crippen LogP contribution is -2.07. The maximum absolute atomic E-state index is 9.26. The summed E-state index contributed by atoms with van der Waals surface area (Å²) in [5.41, 5.74) is 1.90. The third kappa shape index (κ3) is 4.77. The average molecular weight is 253 g/mol. The van der Waals surface area contributed by atoms with Crippen LogP contribution < -0.4 is 0 Å². The van der Waals surface area contributed by atoms with Gasteiger partial charge in [0.1, 0.15) is 5.69 Å². The fourth-order valence-corrected chi connectivity index (χ4v) is 2.15. The van der Waals surface area contributed by atoms with Gasteiger partial charge in [0, 0.05) is 6.54 Å². The summed E-state index contributed by atoms with van der Waals surface area (Å²) in [6.45, 7) is 5.36. The molecule has 1 rings (SSSR count). The molecule has 1 aromatic rings. The molecule has 0 amide bonds. The summed E-state index contributed by atoms with van der Waals surface area (Å²) in [6, 6.07) is 0. The Hall–Kier alpha value is -0.900. The zero-order valence-corrected chi connectivity index (χ0v) is 11.9. The highest BCUT2D eigenvalue weighted by molar-refractivity contribution is 5.09. The number of aliphatic hydroxyl groups is 1. The van der Waals surface area contributed by atoms with Crippen LogP contribution in [-0.2, 0) is 19.6 Å². The zero-order valence-electron chi connectivity index (χ0n) is 11.9. The van der Waals surface area contributed by atoms with Crippen molar-refractivity contribution in [3.63, 3.8) is 0 Å². The molecule has 18 heavy (non-hydrogen) atoms. The molecule has 0 atom stereocenters. The molecule has 0 spiro atoms. The van der Waals surface area contributed by atoms with E-state index in [0.29, 0.717) is 0 Å². The minimum atomic E-state index is 0.00881. The van der Waals surface area contributed by atoms with Gasteiger partial charge in [0.25, 0.3) is 0 Å². The van der Waals surface area contributed by atoms with Gasteiger partial charge in [0.05, 0.1) is 12.3 Å². The van der Waals surface area contributed by atoms with Crippen molar-refractivity contribution in [2.45, 2.75) is 78.4 Å². The monoisotopic (exact) mass is 253 g/mol. The molecule has 0 saturated heterocycles. The van der Waals surface area contributed by atoms with E-state index >= 15 is 0 Å². The number of unbranched alkanes of at least 4 members (excludes halogenated alkanes) is 5. The molecule has 0 bridgehead atoms. The summed E-state index contributed by atoms with van der Waals surface area (Å²) in [4.78, 5) is 0. The molecule has 0 saturated carbocycles. The standard InChI is InChI=1S/C14H27N3O/c1-3-5-7-8-9-11-17-14(10-6-4-2)13(12-18)15-16-17/h18H,3-12H2,1-2H3. The predicted octanol–water partition coefficient (Wildman–Crippen LogP) is 3.08. The summed E-state index contributed by atoms with van der Waals surface area (Å²) < 4.78 is 1.99. The van der Waals surface area contributed by atoms with Gasteiger partial charge in [0.15, 0.2) is 0 Å². The van der Waals surface area contributed by atoms with Crippen molar-refractivity contribution in [2.75, 3.05) is 0 Å². The first-order valence-corrected chi connectivity index (χ1v) is 7.35. The molecule has 0 fully saturated rings. The Labute approximate surface area is 110 Å². The highest BCUT2D eigenvalue weighted by atomic mass is 16.3. The number of aliphatic hydroxyl groups excluding tert-OH is 1. The van der Waals surface area contributed by atoms with Crippen LogP contribution >= 0.6 is 0 Å². The molecule has 1 N–H and O–H groups in total. The van der Waals surface area contributed by atoms with Crippen LogP contribution in [-0.4, -0.2) is 20.1 Å². The number of rotatable bonds is 10. The minimum absolute atomic E-state index is 0.00881. The summed E-state index contributed by atoms with van der Waals surface area (Å²) in [5.74, 6) is 0. The highest BCUT2D eigenvalue weighted by Crippen LogP contribution is 2.12. The summed E-state index contributed by atoms with van der Waals surface area (Å²) in [5, 5.41) is 17.5.